The minimum Gasteiger partial charge on any atom is -0.480 e. The van der Waals surface area contributed by atoms with Gasteiger partial charge in [-0.1, -0.05) is 23.7 Å². The van der Waals surface area contributed by atoms with E-state index in [1.807, 2.05) is 30.5 Å². The summed E-state index contributed by atoms with van der Waals surface area (Å²) in [4.78, 5) is 53.3. The molecule has 184 valence electrons. The zero-order chi connectivity index (χ0) is 25.8. The Kier molecular flexibility index (Phi) is 7.49. The molecule has 0 aliphatic rings. The van der Waals surface area contributed by atoms with Gasteiger partial charge in [0.1, 0.15) is 6.04 Å². The number of aromatic amines is 1. The maximum atomic E-state index is 13.2. The van der Waals surface area contributed by atoms with E-state index in [2.05, 4.69) is 15.7 Å². The number of carbonyl (C=O) groups is 4. The summed E-state index contributed by atoms with van der Waals surface area (Å²) in [5.74, 6) is -3.23. The third-order valence-electron chi connectivity index (χ3n) is 5.45. The topological polar surface area (TPSA) is 132 Å². The van der Waals surface area contributed by atoms with Gasteiger partial charge in [0.15, 0.2) is 0 Å². The molecular formula is C25H21ClN4O5S. The number of hydrazine groups is 1. The van der Waals surface area contributed by atoms with Crippen LogP contribution in [-0.4, -0.2) is 44.8 Å². The zero-order valence-corrected chi connectivity index (χ0v) is 20.5. The summed E-state index contributed by atoms with van der Waals surface area (Å²) in [7, 11) is 0. The van der Waals surface area contributed by atoms with Gasteiger partial charge < -0.3 is 15.4 Å². The first-order chi connectivity index (χ1) is 17.3. The minimum absolute atomic E-state index is 0.0618. The lowest BCUT2D eigenvalue weighted by Crippen LogP contribution is -2.53. The maximum Gasteiger partial charge on any atom is 0.322 e. The first kappa shape index (κ1) is 25.1. The fourth-order valence-corrected chi connectivity index (χ4v) is 4.40. The highest BCUT2D eigenvalue weighted by atomic mass is 35.5. The number of rotatable bonds is 8. The number of halogens is 1. The van der Waals surface area contributed by atoms with Crippen LogP contribution in [0, 0.1) is 0 Å². The Hall–Kier alpha value is -3.99. The molecule has 1 atom stereocenters. The van der Waals surface area contributed by atoms with Crippen LogP contribution in [0.5, 0.6) is 0 Å². The smallest absolute Gasteiger partial charge is 0.322 e. The Bertz CT molecular complexity index is 1450. The molecule has 4 aromatic rings. The molecular weight excluding hydrogens is 504 g/mol. The van der Waals surface area contributed by atoms with Crippen LogP contribution in [0.15, 0.2) is 65.5 Å². The maximum absolute atomic E-state index is 13.2. The number of fused-ring (bicyclic) bond motifs is 1. The van der Waals surface area contributed by atoms with E-state index in [-0.39, 0.29) is 28.3 Å². The monoisotopic (exact) mass is 524 g/mol. The molecule has 2 aromatic carbocycles. The molecule has 4 rings (SSSR count). The van der Waals surface area contributed by atoms with Crippen molar-refractivity contribution < 1.29 is 24.3 Å². The van der Waals surface area contributed by atoms with Crippen molar-refractivity contribution >= 4 is 57.5 Å². The summed E-state index contributed by atoms with van der Waals surface area (Å²) >= 11 is 7.59. The number of H-pyrrole nitrogens is 1. The van der Waals surface area contributed by atoms with Gasteiger partial charge in [-0.2, -0.15) is 11.3 Å². The fraction of sp³-hybridized carbons (Fsp3) is 0.120. The molecule has 0 fully saturated rings. The standard InChI is InChI=1S/C25H21ClN4O5S/c1-14(25(34)35)29-30(23(32)17-8-10-36-13-17)24(33)19-6-5-15(11-20(19)26)22(31)28-12-16-3-2-4-21-18(16)7-9-27-21/h2-11,13-14,27,29H,12H2,1H3,(H,28,31)(H,34,35)/t14-/m0/s1. The predicted molar refractivity (Wildman–Crippen MR) is 136 cm³/mol. The van der Waals surface area contributed by atoms with E-state index in [9.17, 15) is 24.3 Å². The average molecular weight is 525 g/mol. The van der Waals surface area contributed by atoms with Gasteiger partial charge >= 0.3 is 5.97 Å². The molecule has 0 saturated heterocycles. The van der Waals surface area contributed by atoms with E-state index in [0.29, 0.717) is 5.01 Å². The number of aromatic nitrogens is 1. The van der Waals surface area contributed by atoms with Crippen LogP contribution in [0.4, 0.5) is 0 Å². The molecule has 36 heavy (non-hydrogen) atoms. The summed E-state index contributed by atoms with van der Waals surface area (Å²) in [6, 6.07) is 12.0. The van der Waals surface area contributed by atoms with Crippen molar-refractivity contribution in [3.05, 3.63) is 92.8 Å². The van der Waals surface area contributed by atoms with Crippen LogP contribution in [0.2, 0.25) is 5.02 Å². The molecule has 4 N–H and O–H groups in total. The first-order valence-corrected chi connectivity index (χ1v) is 12.1. The SMILES string of the molecule is C[C@H](NN(C(=O)c1ccsc1)C(=O)c1ccc(C(=O)NCc2cccc3[nH]ccc23)cc1Cl)C(=O)O. The number of thiophene rings is 1. The van der Waals surface area contributed by atoms with Gasteiger partial charge in [0.2, 0.25) is 0 Å². The Morgan fingerprint density at radius 1 is 1.08 bits per heavy atom. The largest absolute Gasteiger partial charge is 0.480 e. The predicted octanol–water partition coefficient (Wildman–Crippen LogP) is 4.07. The van der Waals surface area contributed by atoms with Gasteiger partial charge in [-0.3, -0.25) is 19.2 Å². The number of hydrogen-bond acceptors (Lipinski definition) is 6. The Balaban J connectivity index is 1.52. The number of hydrogen-bond donors (Lipinski definition) is 4. The molecule has 0 saturated carbocycles. The van der Waals surface area contributed by atoms with E-state index in [1.165, 1.54) is 42.5 Å². The number of carbonyl (C=O) groups excluding carboxylic acids is 3. The van der Waals surface area contributed by atoms with E-state index >= 15 is 0 Å². The van der Waals surface area contributed by atoms with Gasteiger partial charge in [-0.15, -0.1) is 0 Å². The van der Waals surface area contributed by atoms with Crippen molar-refractivity contribution in [2.75, 3.05) is 0 Å². The zero-order valence-electron chi connectivity index (χ0n) is 18.9. The molecule has 0 radical (unpaired) electrons. The molecule has 0 aliphatic carbocycles. The second-order valence-electron chi connectivity index (χ2n) is 7.88. The van der Waals surface area contributed by atoms with Crippen molar-refractivity contribution in [1.82, 2.24) is 20.7 Å². The third-order valence-corrected chi connectivity index (χ3v) is 6.45. The van der Waals surface area contributed by atoms with E-state index in [1.54, 1.807) is 10.8 Å². The molecule has 0 unspecified atom stereocenters. The highest BCUT2D eigenvalue weighted by molar-refractivity contribution is 7.08. The fourth-order valence-electron chi connectivity index (χ4n) is 3.51. The summed E-state index contributed by atoms with van der Waals surface area (Å²) < 4.78 is 0. The lowest BCUT2D eigenvalue weighted by atomic mass is 10.1. The summed E-state index contributed by atoms with van der Waals surface area (Å²) in [5, 5.41) is 16.8. The molecule has 3 amide bonds. The summed E-state index contributed by atoms with van der Waals surface area (Å²) in [6.07, 6.45) is 1.82. The molecule has 0 spiro atoms. The number of carboxylic acid groups (broad SMARTS) is 1. The molecule has 9 nitrogen and oxygen atoms in total. The summed E-state index contributed by atoms with van der Waals surface area (Å²) in [5.41, 5.74) is 4.67. The van der Waals surface area contributed by atoms with Gasteiger partial charge in [0.25, 0.3) is 17.7 Å². The minimum atomic E-state index is -1.25. The second kappa shape index (κ2) is 10.7. The quantitative estimate of drug-likeness (QED) is 0.203. The summed E-state index contributed by atoms with van der Waals surface area (Å²) in [6.45, 7) is 1.58. The van der Waals surface area contributed by atoms with Gasteiger partial charge in [-0.25, -0.2) is 10.4 Å². The number of benzene rings is 2. The van der Waals surface area contributed by atoms with Crippen molar-refractivity contribution in [3.63, 3.8) is 0 Å². The van der Waals surface area contributed by atoms with Crippen LogP contribution in [0.25, 0.3) is 10.9 Å². The third kappa shape index (κ3) is 5.30. The molecule has 2 heterocycles. The number of amides is 3. The Labute approximate surface area is 214 Å². The lowest BCUT2D eigenvalue weighted by Gasteiger charge is -2.24. The lowest BCUT2D eigenvalue weighted by molar-refractivity contribution is -0.139. The van der Waals surface area contributed by atoms with Crippen molar-refractivity contribution in [2.24, 2.45) is 0 Å². The van der Waals surface area contributed by atoms with Crippen molar-refractivity contribution in [3.8, 4) is 0 Å². The van der Waals surface area contributed by atoms with Crippen LogP contribution in [-0.2, 0) is 11.3 Å². The highest BCUT2D eigenvalue weighted by Crippen LogP contribution is 2.22. The number of carboxylic acids is 1. The molecule has 0 aliphatic heterocycles. The van der Waals surface area contributed by atoms with Gasteiger partial charge in [0, 0.05) is 34.6 Å². The Morgan fingerprint density at radius 3 is 2.58 bits per heavy atom. The Morgan fingerprint density at radius 2 is 1.89 bits per heavy atom. The molecule has 11 heteroatoms. The average Bonchev–Trinajstić information content (AvgIpc) is 3.57. The van der Waals surface area contributed by atoms with Crippen LogP contribution >= 0.6 is 22.9 Å². The van der Waals surface area contributed by atoms with Crippen molar-refractivity contribution in [1.29, 1.82) is 0 Å². The van der Waals surface area contributed by atoms with Gasteiger partial charge in [0.05, 0.1) is 16.1 Å². The van der Waals surface area contributed by atoms with Crippen LogP contribution in [0.1, 0.15) is 43.6 Å². The van der Waals surface area contributed by atoms with E-state index in [4.69, 9.17) is 11.6 Å². The second-order valence-corrected chi connectivity index (χ2v) is 9.07. The van der Waals surface area contributed by atoms with E-state index < -0.39 is 29.7 Å². The first-order valence-electron chi connectivity index (χ1n) is 10.8. The van der Waals surface area contributed by atoms with Gasteiger partial charge in [-0.05, 0) is 54.3 Å². The number of nitrogens with one attached hydrogen (secondary N) is 3. The molecule has 0 bridgehead atoms. The number of aliphatic carboxylic acids is 1. The van der Waals surface area contributed by atoms with E-state index in [0.717, 1.165) is 16.5 Å². The number of imide groups is 1. The highest BCUT2D eigenvalue weighted by Gasteiger charge is 2.29. The normalized spacial score (nSPS) is 11.7. The molecule has 2 aromatic heterocycles. The van der Waals surface area contributed by atoms with Crippen LogP contribution < -0.4 is 10.7 Å². The van der Waals surface area contributed by atoms with Crippen LogP contribution in [0.3, 0.4) is 0 Å². The number of nitrogens with zero attached hydrogens (tertiary/aromatic N) is 1. The van der Waals surface area contributed by atoms with Crippen molar-refractivity contribution in [2.45, 2.75) is 19.5 Å².